The van der Waals surface area contributed by atoms with Gasteiger partial charge in [0.2, 0.25) is 0 Å². The smallest absolute Gasteiger partial charge is 0.261 e. The summed E-state index contributed by atoms with van der Waals surface area (Å²) in [6.45, 7) is 14.4. The molecule has 0 radical (unpaired) electrons. The summed E-state index contributed by atoms with van der Waals surface area (Å²) in [4.78, 5) is 0. The molecule has 0 saturated carbocycles. The quantitative estimate of drug-likeness (QED) is 0.473. The first kappa shape index (κ1) is 23.4. The van der Waals surface area contributed by atoms with Crippen LogP contribution >= 0.6 is 0 Å². The molecule has 1 heterocycles. The summed E-state index contributed by atoms with van der Waals surface area (Å²) in [6, 6.07) is 23.2. The van der Waals surface area contributed by atoms with Crippen LogP contribution in [0.1, 0.15) is 41.0 Å². The zero-order valence-electron chi connectivity index (χ0n) is 19.2. The Labute approximate surface area is 187 Å². The average molecular weight is 436 g/mol. The number of ether oxygens (including phenoxy) is 2. The van der Waals surface area contributed by atoms with E-state index in [4.69, 9.17) is 13.9 Å². The van der Waals surface area contributed by atoms with Crippen molar-refractivity contribution < 1.29 is 13.9 Å². The average Bonchev–Trinajstić information content (AvgIpc) is 3.06. The van der Waals surface area contributed by atoms with Gasteiger partial charge in [0.15, 0.2) is 5.79 Å². The maximum Gasteiger partial charge on any atom is 0.261 e. The number of nitriles is 1. The van der Waals surface area contributed by atoms with E-state index in [-0.39, 0.29) is 17.6 Å². The molecule has 0 bridgehead atoms. The minimum Gasteiger partial charge on any atom is -0.401 e. The molecule has 0 aromatic heterocycles. The molecular formula is C26H33NO3Si. The van der Waals surface area contributed by atoms with Crippen molar-refractivity contribution in [2.45, 2.75) is 70.2 Å². The summed E-state index contributed by atoms with van der Waals surface area (Å²) < 4.78 is 19.5. The highest BCUT2D eigenvalue weighted by atomic mass is 28.4. The van der Waals surface area contributed by atoms with E-state index in [2.05, 4.69) is 82.0 Å². The second-order valence-corrected chi connectivity index (χ2v) is 13.7. The first-order chi connectivity index (χ1) is 14.6. The molecule has 0 amide bonds. The molecule has 3 unspecified atom stereocenters. The van der Waals surface area contributed by atoms with E-state index >= 15 is 0 Å². The Kier molecular flexibility index (Phi) is 6.87. The largest absolute Gasteiger partial charge is 0.401 e. The Bertz CT molecular complexity index is 876. The van der Waals surface area contributed by atoms with E-state index in [9.17, 15) is 5.26 Å². The van der Waals surface area contributed by atoms with Gasteiger partial charge in [0.25, 0.3) is 8.32 Å². The first-order valence-electron chi connectivity index (χ1n) is 10.8. The second kappa shape index (κ2) is 9.10. The van der Waals surface area contributed by atoms with E-state index in [1.165, 1.54) is 10.4 Å². The van der Waals surface area contributed by atoms with Gasteiger partial charge in [0.1, 0.15) is 12.2 Å². The van der Waals surface area contributed by atoms with Crippen LogP contribution < -0.4 is 10.4 Å². The van der Waals surface area contributed by atoms with Crippen molar-refractivity contribution in [3.8, 4) is 6.07 Å². The lowest BCUT2D eigenvalue weighted by molar-refractivity contribution is -0.151. The zero-order chi connectivity index (χ0) is 22.7. The highest BCUT2D eigenvalue weighted by Crippen LogP contribution is 2.40. The van der Waals surface area contributed by atoms with Crippen molar-refractivity contribution in [3.63, 3.8) is 0 Å². The number of hydrogen-bond donors (Lipinski definition) is 0. The van der Waals surface area contributed by atoms with Gasteiger partial charge < -0.3 is 13.9 Å². The van der Waals surface area contributed by atoms with Gasteiger partial charge in [0.05, 0.1) is 18.6 Å². The fourth-order valence-corrected chi connectivity index (χ4v) is 9.21. The molecule has 1 fully saturated rings. The molecule has 0 spiro atoms. The van der Waals surface area contributed by atoms with Crippen LogP contribution in [0.15, 0.2) is 73.3 Å². The number of hydrogen-bond acceptors (Lipinski definition) is 4. The summed E-state index contributed by atoms with van der Waals surface area (Å²) in [7, 11) is -2.83. The topological polar surface area (TPSA) is 51.5 Å². The normalized spacial score (nSPS) is 21.9. The molecule has 0 N–H and O–H groups in total. The van der Waals surface area contributed by atoms with Gasteiger partial charge in [0, 0.05) is 0 Å². The molecule has 31 heavy (non-hydrogen) atoms. The molecule has 1 aliphatic rings. The van der Waals surface area contributed by atoms with Gasteiger partial charge in [-0.1, -0.05) is 87.5 Å². The molecule has 5 heteroatoms. The van der Waals surface area contributed by atoms with Crippen molar-refractivity contribution in [2.24, 2.45) is 0 Å². The fourth-order valence-electron chi connectivity index (χ4n) is 4.52. The lowest BCUT2D eigenvalue weighted by Gasteiger charge is -2.46. The molecule has 3 atom stereocenters. The molecule has 4 nitrogen and oxygen atoms in total. The SMILES string of the molecule is C=CC1OC(C)(C)OC1C(CC#N)O[Si](c1ccccc1)(c1ccccc1)C(C)(C)C. The van der Waals surface area contributed by atoms with Gasteiger partial charge in [-0.2, -0.15) is 5.26 Å². The van der Waals surface area contributed by atoms with Crippen LogP contribution in [0.25, 0.3) is 0 Å². The van der Waals surface area contributed by atoms with Crippen molar-refractivity contribution in [3.05, 3.63) is 73.3 Å². The summed E-state index contributed by atoms with van der Waals surface area (Å²) in [5.74, 6) is -0.758. The molecule has 0 aliphatic carbocycles. The van der Waals surface area contributed by atoms with Crippen LogP contribution in [-0.4, -0.2) is 32.4 Å². The van der Waals surface area contributed by atoms with Gasteiger partial charge >= 0.3 is 0 Å². The minimum absolute atomic E-state index is 0.192. The molecule has 164 valence electrons. The first-order valence-corrected chi connectivity index (χ1v) is 12.7. The fraction of sp³-hybridized carbons (Fsp3) is 0.423. The van der Waals surface area contributed by atoms with Crippen LogP contribution in [0.3, 0.4) is 0 Å². The lowest BCUT2D eigenvalue weighted by atomic mass is 10.1. The predicted octanol–water partition coefficient (Wildman–Crippen LogP) is 4.55. The Morgan fingerprint density at radius 2 is 1.58 bits per heavy atom. The summed E-state index contributed by atoms with van der Waals surface area (Å²) >= 11 is 0. The Hall–Kier alpha value is -2.23. The van der Waals surface area contributed by atoms with Crippen molar-refractivity contribution >= 4 is 18.7 Å². The third kappa shape index (κ3) is 4.68. The van der Waals surface area contributed by atoms with Crippen LogP contribution in [0.2, 0.25) is 5.04 Å². The molecular weight excluding hydrogens is 402 g/mol. The Balaban J connectivity index is 2.17. The Morgan fingerprint density at radius 1 is 1.06 bits per heavy atom. The highest BCUT2D eigenvalue weighted by molar-refractivity contribution is 6.99. The van der Waals surface area contributed by atoms with E-state index in [0.29, 0.717) is 0 Å². The van der Waals surface area contributed by atoms with Crippen molar-refractivity contribution in [2.75, 3.05) is 0 Å². The van der Waals surface area contributed by atoms with Gasteiger partial charge in [-0.3, -0.25) is 0 Å². The molecule has 3 rings (SSSR count). The summed E-state index contributed by atoms with van der Waals surface area (Å²) in [5, 5.41) is 11.8. The maximum atomic E-state index is 9.69. The van der Waals surface area contributed by atoms with Gasteiger partial charge in [-0.15, -0.1) is 6.58 Å². The van der Waals surface area contributed by atoms with E-state index in [0.717, 1.165) is 0 Å². The Morgan fingerprint density at radius 3 is 2.00 bits per heavy atom. The maximum absolute atomic E-state index is 9.69. The van der Waals surface area contributed by atoms with Crippen LogP contribution in [0.5, 0.6) is 0 Å². The van der Waals surface area contributed by atoms with Crippen molar-refractivity contribution in [1.82, 2.24) is 0 Å². The van der Waals surface area contributed by atoms with Crippen LogP contribution in [0.4, 0.5) is 0 Å². The monoisotopic (exact) mass is 435 g/mol. The van der Waals surface area contributed by atoms with E-state index < -0.39 is 26.3 Å². The van der Waals surface area contributed by atoms with Gasteiger partial charge in [-0.05, 0) is 29.3 Å². The molecule has 2 aromatic rings. The number of nitrogens with zero attached hydrogens (tertiary/aromatic N) is 1. The standard InChI is InChI=1S/C26H33NO3Si/c1-7-22-24(29-26(5,6)28-22)23(18-19-27)30-31(25(2,3)4,20-14-10-8-11-15-20)21-16-12-9-13-17-21/h7-17,22-24H,1,18H2,2-6H3. The lowest BCUT2D eigenvalue weighted by Crippen LogP contribution is -2.68. The molecule has 1 saturated heterocycles. The molecule has 1 aliphatic heterocycles. The second-order valence-electron chi connectivity index (χ2n) is 9.48. The van der Waals surface area contributed by atoms with Crippen molar-refractivity contribution in [1.29, 1.82) is 5.26 Å². The third-order valence-corrected chi connectivity index (χ3v) is 10.9. The zero-order valence-corrected chi connectivity index (χ0v) is 20.2. The third-order valence-electron chi connectivity index (χ3n) is 5.80. The highest BCUT2D eigenvalue weighted by Gasteiger charge is 2.54. The summed E-state index contributed by atoms with van der Waals surface area (Å²) in [6.07, 6.45) is 0.749. The molecule has 2 aromatic carbocycles. The van der Waals surface area contributed by atoms with E-state index in [1.54, 1.807) is 6.08 Å². The number of rotatable bonds is 7. The minimum atomic E-state index is -2.83. The van der Waals surface area contributed by atoms with Crippen LogP contribution in [-0.2, 0) is 13.9 Å². The van der Waals surface area contributed by atoms with Crippen LogP contribution in [0, 0.1) is 11.3 Å². The van der Waals surface area contributed by atoms with Gasteiger partial charge in [-0.25, -0.2) is 0 Å². The predicted molar refractivity (Wildman–Crippen MR) is 127 cm³/mol. The summed E-state index contributed by atoms with van der Waals surface area (Å²) in [5.41, 5.74) is 0. The number of benzene rings is 2. The van der Waals surface area contributed by atoms with E-state index in [1.807, 2.05) is 26.0 Å².